The number of anilines is 1. The average molecular weight is 202 g/mol. The van der Waals surface area contributed by atoms with Crippen molar-refractivity contribution in [3.8, 4) is 0 Å². The summed E-state index contributed by atoms with van der Waals surface area (Å²) in [4.78, 5) is 0. The Kier molecular flexibility index (Phi) is 3.02. The maximum Gasteiger partial charge on any atom is 0.222 e. The summed E-state index contributed by atoms with van der Waals surface area (Å²) in [5.41, 5.74) is 7.72. The number of aromatic nitrogens is 1. The van der Waals surface area contributed by atoms with Gasteiger partial charge in [0, 0.05) is 6.07 Å². The van der Waals surface area contributed by atoms with E-state index in [-0.39, 0.29) is 0 Å². The standard InChI is InChI=1S/C12H14N2O/c13-12-9-11(14-15-12)8-4-7-10-5-2-1-3-6-10/h1-3,5-6,9H,4,7-8,13H2. The van der Waals surface area contributed by atoms with Crippen molar-refractivity contribution in [2.45, 2.75) is 19.3 Å². The summed E-state index contributed by atoms with van der Waals surface area (Å²) >= 11 is 0. The third-order valence-corrected chi connectivity index (χ3v) is 2.32. The van der Waals surface area contributed by atoms with Gasteiger partial charge >= 0.3 is 0 Å². The number of nitrogens with two attached hydrogens (primary N) is 1. The number of aryl methyl sites for hydroxylation is 2. The van der Waals surface area contributed by atoms with Crippen molar-refractivity contribution < 1.29 is 4.52 Å². The summed E-state index contributed by atoms with van der Waals surface area (Å²) in [5, 5.41) is 3.85. The first kappa shape index (κ1) is 9.77. The summed E-state index contributed by atoms with van der Waals surface area (Å²) in [6.07, 6.45) is 3.04. The number of nitrogens with zero attached hydrogens (tertiary/aromatic N) is 1. The lowest BCUT2D eigenvalue weighted by Crippen LogP contribution is -1.89. The lowest BCUT2D eigenvalue weighted by Gasteiger charge is -1.98. The van der Waals surface area contributed by atoms with Crippen LogP contribution in [-0.2, 0) is 12.8 Å². The van der Waals surface area contributed by atoms with Crippen molar-refractivity contribution in [1.29, 1.82) is 0 Å². The SMILES string of the molecule is Nc1cc(CCCc2ccccc2)no1. The molecule has 2 aromatic rings. The first-order chi connectivity index (χ1) is 7.34. The molecule has 0 aliphatic carbocycles. The average Bonchev–Trinajstić information content (AvgIpc) is 2.66. The Bertz CT molecular complexity index is 409. The molecule has 0 bridgehead atoms. The van der Waals surface area contributed by atoms with Gasteiger partial charge in [0.05, 0.1) is 5.69 Å². The van der Waals surface area contributed by atoms with Crippen molar-refractivity contribution in [2.24, 2.45) is 0 Å². The predicted molar refractivity (Wildman–Crippen MR) is 59.4 cm³/mol. The van der Waals surface area contributed by atoms with Gasteiger partial charge in [-0.1, -0.05) is 35.5 Å². The molecule has 0 aliphatic heterocycles. The topological polar surface area (TPSA) is 52.0 Å². The van der Waals surface area contributed by atoms with Crippen molar-refractivity contribution in [3.05, 3.63) is 47.7 Å². The van der Waals surface area contributed by atoms with E-state index in [1.807, 2.05) is 6.07 Å². The van der Waals surface area contributed by atoms with Crippen molar-refractivity contribution in [1.82, 2.24) is 5.16 Å². The van der Waals surface area contributed by atoms with Gasteiger partial charge < -0.3 is 10.3 Å². The number of benzene rings is 1. The zero-order valence-electron chi connectivity index (χ0n) is 8.52. The zero-order chi connectivity index (χ0) is 10.5. The van der Waals surface area contributed by atoms with Gasteiger partial charge in [-0.3, -0.25) is 0 Å². The van der Waals surface area contributed by atoms with Crippen molar-refractivity contribution >= 4 is 5.88 Å². The predicted octanol–water partition coefficient (Wildman–Crippen LogP) is 2.43. The highest BCUT2D eigenvalue weighted by Gasteiger charge is 2.00. The van der Waals surface area contributed by atoms with Crippen LogP contribution in [0.2, 0.25) is 0 Å². The zero-order valence-corrected chi connectivity index (χ0v) is 8.52. The normalized spacial score (nSPS) is 10.4. The van der Waals surface area contributed by atoms with Gasteiger partial charge in [0.1, 0.15) is 0 Å². The first-order valence-electron chi connectivity index (χ1n) is 5.09. The number of rotatable bonds is 4. The minimum atomic E-state index is 0.393. The molecule has 0 atom stereocenters. The summed E-state index contributed by atoms with van der Waals surface area (Å²) in [6, 6.07) is 12.2. The Morgan fingerprint density at radius 2 is 1.93 bits per heavy atom. The van der Waals surface area contributed by atoms with Crippen molar-refractivity contribution in [2.75, 3.05) is 5.73 Å². The van der Waals surface area contributed by atoms with Gasteiger partial charge in [-0.2, -0.15) is 0 Å². The molecule has 3 nitrogen and oxygen atoms in total. The quantitative estimate of drug-likeness (QED) is 0.828. The van der Waals surface area contributed by atoms with Crippen LogP contribution in [-0.4, -0.2) is 5.16 Å². The van der Waals surface area contributed by atoms with Crippen LogP contribution < -0.4 is 5.73 Å². The molecule has 2 N–H and O–H groups in total. The van der Waals surface area contributed by atoms with Gasteiger partial charge in [-0.15, -0.1) is 0 Å². The molecule has 0 amide bonds. The van der Waals surface area contributed by atoms with Crippen LogP contribution in [0.5, 0.6) is 0 Å². The highest BCUT2D eigenvalue weighted by Crippen LogP contribution is 2.09. The highest BCUT2D eigenvalue weighted by molar-refractivity contribution is 5.24. The molecule has 3 heteroatoms. The van der Waals surface area contributed by atoms with Crippen LogP contribution in [0.4, 0.5) is 5.88 Å². The molecule has 1 aromatic carbocycles. The second-order valence-electron chi connectivity index (χ2n) is 3.56. The molecular formula is C12H14N2O. The molecule has 0 aliphatic rings. The maximum atomic E-state index is 5.43. The molecule has 0 unspecified atom stereocenters. The summed E-state index contributed by atoms with van der Waals surface area (Å²) in [5.74, 6) is 0.393. The molecule has 0 spiro atoms. The summed E-state index contributed by atoms with van der Waals surface area (Å²) in [6.45, 7) is 0. The molecule has 0 radical (unpaired) electrons. The van der Waals surface area contributed by atoms with E-state index in [2.05, 4.69) is 29.4 Å². The van der Waals surface area contributed by atoms with Gasteiger partial charge in [0.2, 0.25) is 5.88 Å². The van der Waals surface area contributed by atoms with E-state index in [9.17, 15) is 0 Å². The largest absolute Gasteiger partial charge is 0.368 e. The summed E-state index contributed by atoms with van der Waals surface area (Å²) in [7, 11) is 0. The van der Waals surface area contributed by atoms with E-state index in [0.29, 0.717) is 5.88 Å². The van der Waals surface area contributed by atoms with E-state index in [1.165, 1.54) is 5.56 Å². The molecule has 0 fully saturated rings. The number of hydrogen-bond acceptors (Lipinski definition) is 3. The Morgan fingerprint density at radius 1 is 1.13 bits per heavy atom. The van der Waals surface area contributed by atoms with E-state index < -0.39 is 0 Å². The molecule has 15 heavy (non-hydrogen) atoms. The molecule has 0 saturated heterocycles. The molecule has 1 heterocycles. The van der Waals surface area contributed by atoms with Gasteiger partial charge in [0.15, 0.2) is 0 Å². The summed E-state index contributed by atoms with van der Waals surface area (Å²) < 4.78 is 4.80. The Balaban J connectivity index is 1.80. The van der Waals surface area contributed by atoms with E-state index >= 15 is 0 Å². The molecule has 78 valence electrons. The minimum Gasteiger partial charge on any atom is -0.368 e. The van der Waals surface area contributed by atoms with Gasteiger partial charge in [-0.25, -0.2) is 0 Å². The molecule has 0 saturated carbocycles. The van der Waals surface area contributed by atoms with Gasteiger partial charge in [-0.05, 0) is 24.8 Å². The first-order valence-corrected chi connectivity index (χ1v) is 5.09. The highest BCUT2D eigenvalue weighted by atomic mass is 16.5. The third kappa shape index (κ3) is 2.84. The van der Waals surface area contributed by atoms with E-state index in [0.717, 1.165) is 25.0 Å². The maximum absolute atomic E-state index is 5.43. The van der Waals surface area contributed by atoms with Crippen LogP contribution >= 0.6 is 0 Å². The minimum absolute atomic E-state index is 0.393. The lowest BCUT2D eigenvalue weighted by atomic mass is 10.1. The fourth-order valence-electron chi connectivity index (χ4n) is 1.56. The molecular weight excluding hydrogens is 188 g/mol. The van der Waals surface area contributed by atoms with E-state index in [1.54, 1.807) is 6.07 Å². The Labute approximate surface area is 88.9 Å². The fourth-order valence-corrected chi connectivity index (χ4v) is 1.56. The number of hydrogen-bond donors (Lipinski definition) is 1. The monoisotopic (exact) mass is 202 g/mol. The van der Waals surface area contributed by atoms with Crippen LogP contribution in [0, 0.1) is 0 Å². The third-order valence-electron chi connectivity index (χ3n) is 2.32. The second-order valence-corrected chi connectivity index (χ2v) is 3.56. The fraction of sp³-hybridized carbons (Fsp3) is 0.250. The lowest BCUT2D eigenvalue weighted by molar-refractivity contribution is 0.426. The molecule has 1 aromatic heterocycles. The Hall–Kier alpha value is -1.77. The van der Waals surface area contributed by atoms with Crippen LogP contribution in [0.15, 0.2) is 40.9 Å². The van der Waals surface area contributed by atoms with E-state index in [4.69, 9.17) is 10.3 Å². The van der Waals surface area contributed by atoms with Crippen LogP contribution in [0.3, 0.4) is 0 Å². The second kappa shape index (κ2) is 4.64. The Morgan fingerprint density at radius 3 is 2.60 bits per heavy atom. The smallest absolute Gasteiger partial charge is 0.222 e. The van der Waals surface area contributed by atoms with Gasteiger partial charge in [0.25, 0.3) is 0 Å². The van der Waals surface area contributed by atoms with Crippen LogP contribution in [0.25, 0.3) is 0 Å². The number of nitrogen functional groups attached to an aromatic ring is 1. The molecule has 2 rings (SSSR count). The van der Waals surface area contributed by atoms with Crippen molar-refractivity contribution in [3.63, 3.8) is 0 Å². The van der Waals surface area contributed by atoms with Crippen LogP contribution in [0.1, 0.15) is 17.7 Å².